The maximum absolute atomic E-state index is 13.0. The van der Waals surface area contributed by atoms with Crippen LogP contribution in [0.4, 0.5) is 10.1 Å². The minimum absolute atomic E-state index is 0.238. The molecule has 0 fully saturated rings. The molecule has 0 aliphatic carbocycles. The van der Waals surface area contributed by atoms with Crippen LogP contribution in [0, 0.1) is 5.82 Å². The summed E-state index contributed by atoms with van der Waals surface area (Å²) in [5.74, 6) is 0.293. The molecule has 1 N–H and O–H groups in total. The molecule has 0 saturated carbocycles. The number of aromatic nitrogens is 3. The van der Waals surface area contributed by atoms with Gasteiger partial charge in [-0.15, -0.1) is 0 Å². The van der Waals surface area contributed by atoms with Crippen molar-refractivity contribution in [2.45, 2.75) is 20.0 Å². The molecule has 0 unspecified atom stereocenters. The van der Waals surface area contributed by atoms with Gasteiger partial charge in [-0.2, -0.15) is 5.10 Å². The Morgan fingerprint density at radius 3 is 2.61 bits per heavy atom. The van der Waals surface area contributed by atoms with Crippen molar-refractivity contribution < 1.29 is 4.39 Å². The smallest absolute Gasteiger partial charge is 0.146 e. The molecule has 1 heterocycles. The van der Waals surface area contributed by atoms with E-state index >= 15 is 0 Å². The standard InChI is InChI=1S/C11H11Cl2FN4/c1-2-18-10(16-6-17-18)5-15-11-8(12)3-7(14)4-9(11)13/h3-4,6,15H,2,5H2,1H3. The van der Waals surface area contributed by atoms with Crippen LogP contribution in [-0.2, 0) is 13.1 Å². The van der Waals surface area contributed by atoms with E-state index in [0.29, 0.717) is 12.2 Å². The number of nitrogens with one attached hydrogen (secondary N) is 1. The molecule has 0 aliphatic heterocycles. The quantitative estimate of drug-likeness (QED) is 0.938. The highest BCUT2D eigenvalue weighted by Crippen LogP contribution is 2.31. The van der Waals surface area contributed by atoms with Gasteiger partial charge in [0.1, 0.15) is 18.0 Å². The van der Waals surface area contributed by atoms with Crippen LogP contribution in [0.25, 0.3) is 0 Å². The Hall–Kier alpha value is -1.33. The fraction of sp³-hybridized carbons (Fsp3) is 0.273. The lowest BCUT2D eigenvalue weighted by molar-refractivity contribution is 0.621. The summed E-state index contributed by atoms with van der Waals surface area (Å²) in [5, 5.41) is 7.55. The van der Waals surface area contributed by atoms with Crippen molar-refractivity contribution in [3.05, 3.63) is 40.1 Å². The number of aryl methyl sites for hydroxylation is 1. The average Bonchev–Trinajstić information content (AvgIpc) is 2.75. The molecular formula is C11H11Cl2FN4. The van der Waals surface area contributed by atoms with E-state index in [-0.39, 0.29) is 10.0 Å². The molecule has 0 radical (unpaired) electrons. The Kier molecular flexibility index (Phi) is 4.04. The second-order valence-corrected chi connectivity index (χ2v) is 4.40. The van der Waals surface area contributed by atoms with Crippen molar-refractivity contribution in [1.29, 1.82) is 0 Å². The van der Waals surface area contributed by atoms with Gasteiger partial charge in [-0.05, 0) is 19.1 Å². The summed E-state index contributed by atoms with van der Waals surface area (Å²) in [6.07, 6.45) is 1.48. The van der Waals surface area contributed by atoms with E-state index in [1.54, 1.807) is 4.68 Å². The van der Waals surface area contributed by atoms with Crippen LogP contribution in [0.5, 0.6) is 0 Å². The number of nitrogens with zero attached hydrogens (tertiary/aromatic N) is 3. The predicted molar refractivity (Wildman–Crippen MR) is 69.4 cm³/mol. The number of anilines is 1. The first-order chi connectivity index (χ1) is 8.61. The van der Waals surface area contributed by atoms with Crippen molar-refractivity contribution in [1.82, 2.24) is 14.8 Å². The van der Waals surface area contributed by atoms with E-state index in [2.05, 4.69) is 15.4 Å². The van der Waals surface area contributed by atoms with Crippen molar-refractivity contribution in [2.75, 3.05) is 5.32 Å². The third-order valence-corrected chi connectivity index (χ3v) is 3.02. The molecule has 4 nitrogen and oxygen atoms in total. The van der Waals surface area contributed by atoms with Gasteiger partial charge in [0.25, 0.3) is 0 Å². The van der Waals surface area contributed by atoms with Crippen LogP contribution >= 0.6 is 23.2 Å². The normalized spacial score (nSPS) is 10.7. The van der Waals surface area contributed by atoms with Gasteiger partial charge in [-0.3, -0.25) is 0 Å². The van der Waals surface area contributed by atoms with Crippen LogP contribution in [-0.4, -0.2) is 14.8 Å². The Morgan fingerprint density at radius 1 is 1.33 bits per heavy atom. The largest absolute Gasteiger partial charge is 0.375 e. The van der Waals surface area contributed by atoms with Crippen molar-refractivity contribution in [3.8, 4) is 0 Å². The number of hydrogen-bond donors (Lipinski definition) is 1. The summed E-state index contributed by atoms with van der Waals surface area (Å²) in [5.41, 5.74) is 0.491. The summed E-state index contributed by atoms with van der Waals surface area (Å²) in [4.78, 5) is 4.11. The fourth-order valence-electron chi connectivity index (χ4n) is 1.57. The van der Waals surface area contributed by atoms with Crippen LogP contribution in [0.2, 0.25) is 10.0 Å². The highest BCUT2D eigenvalue weighted by molar-refractivity contribution is 6.39. The highest BCUT2D eigenvalue weighted by Gasteiger charge is 2.09. The summed E-state index contributed by atoms with van der Waals surface area (Å²) < 4.78 is 14.8. The van der Waals surface area contributed by atoms with E-state index in [9.17, 15) is 4.39 Å². The molecule has 0 aliphatic rings. The molecule has 2 rings (SSSR count). The van der Waals surface area contributed by atoms with Gasteiger partial charge in [-0.25, -0.2) is 14.1 Å². The Morgan fingerprint density at radius 2 is 2.00 bits per heavy atom. The van der Waals surface area contributed by atoms with Gasteiger partial charge in [0.2, 0.25) is 0 Å². The lowest BCUT2D eigenvalue weighted by Crippen LogP contribution is -2.09. The minimum Gasteiger partial charge on any atom is -0.375 e. The third-order valence-electron chi connectivity index (χ3n) is 2.43. The van der Waals surface area contributed by atoms with Crippen LogP contribution in [0.1, 0.15) is 12.7 Å². The zero-order valence-electron chi connectivity index (χ0n) is 9.62. The maximum Gasteiger partial charge on any atom is 0.146 e. The lowest BCUT2D eigenvalue weighted by atomic mass is 10.3. The topological polar surface area (TPSA) is 42.7 Å². The van der Waals surface area contributed by atoms with Crippen LogP contribution in [0.15, 0.2) is 18.5 Å². The van der Waals surface area contributed by atoms with Gasteiger partial charge >= 0.3 is 0 Å². The first-order valence-electron chi connectivity index (χ1n) is 5.37. The molecule has 96 valence electrons. The first-order valence-corrected chi connectivity index (χ1v) is 6.12. The molecule has 2 aromatic rings. The van der Waals surface area contributed by atoms with Gasteiger partial charge in [0.15, 0.2) is 0 Å². The number of hydrogen-bond acceptors (Lipinski definition) is 3. The molecule has 0 amide bonds. The maximum atomic E-state index is 13.0. The van der Waals surface area contributed by atoms with Gasteiger partial charge in [0.05, 0.1) is 22.3 Å². The molecule has 7 heteroatoms. The Bertz CT molecular complexity index is 533. The minimum atomic E-state index is -0.465. The summed E-state index contributed by atoms with van der Waals surface area (Å²) in [7, 11) is 0. The average molecular weight is 289 g/mol. The molecule has 1 aromatic heterocycles. The fourth-order valence-corrected chi connectivity index (χ4v) is 2.16. The molecular weight excluding hydrogens is 278 g/mol. The molecule has 1 aromatic carbocycles. The summed E-state index contributed by atoms with van der Waals surface area (Å²) in [6, 6.07) is 2.42. The zero-order valence-corrected chi connectivity index (χ0v) is 11.1. The number of benzene rings is 1. The van der Waals surface area contributed by atoms with Crippen LogP contribution < -0.4 is 5.32 Å². The van der Waals surface area contributed by atoms with Crippen molar-refractivity contribution in [3.63, 3.8) is 0 Å². The van der Waals surface area contributed by atoms with Gasteiger partial charge in [-0.1, -0.05) is 23.2 Å². The van der Waals surface area contributed by atoms with E-state index in [1.165, 1.54) is 18.5 Å². The SMILES string of the molecule is CCn1ncnc1CNc1c(Cl)cc(F)cc1Cl. The first kappa shape index (κ1) is 13.1. The Labute approximate surface area is 114 Å². The van der Waals surface area contributed by atoms with Gasteiger partial charge in [0, 0.05) is 6.54 Å². The highest BCUT2D eigenvalue weighted by atomic mass is 35.5. The second-order valence-electron chi connectivity index (χ2n) is 3.59. The summed E-state index contributed by atoms with van der Waals surface area (Å²) in [6.45, 7) is 3.11. The Balaban J connectivity index is 2.16. The van der Waals surface area contributed by atoms with E-state index in [0.717, 1.165) is 12.4 Å². The van der Waals surface area contributed by atoms with E-state index < -0.39 is 5.82 Å². The zero-order chi connectivity index (χ0) is 13.1. The van der Waals surface area contributed by atoms with Crippen molar-refractivity contribution in [2.24, 2.45) is 0 Å². The molecule has 0 atom stereocenters. The third kappa shape index (κ3) is 2.73. The second kappa shape index (κ2) is 5.54. The number of halogens is 3. The predicted octanol–water partition coefficient (Wildman–Crippen LogP) is 3.36. The monoisotopic (exact) mass is 288 g/mol. The lowest BCUT2D eigenvalue weighted by Gasteiger charge is -2.10. The molecule has 0 bridgehead atoms. The van der Waals surface area contributed by atoms with Crippen molar-refractivity contribution >= 4 is 28.9 Å². The van der Waals surface area contributed by atoms with E-state index in [4.69, 9.17) is 23.2 Å². The molecule has 18 heavy (non-hydrogen) atoms. The number of rotatable bonds is 4. The molecule has 0 saturated heterocycles. The van der Waals surface area contributed by atoms with Crippen LogP contribution in [0.3, 0.4) is 0 Å². The molecule has 0 spiro atoms. The summed E-state index contributed by atoms with van der Waals surface area (Å²) >= 11 is 11.8. The van der Waals surface area contributed by atoms with E-state index in [1.807, 2.05) is 6.92 Å². The van der Waals surface area contributed by atoms with Gasteiger partial charge < -0.3 is 5.32 Å².